The van der Waals surface area contributed by atoms with Gasteiger partial charge in [-0.15, -0.1) is 11.3 Å². The zero-order valence-corrected chi connectivity index (χ0v) is 16.1. The van der Waals surface area contributed by atoms with E-state index in [1.165, 1.54) is 16.9 Å². The van der Waals surface area contributed by atoms with E-state index in [4.69, 9.17) is 17.3 Å². The van der Waals surface area contributed by atoms with Crippen molar-refractivity contribution >= 4 is 50.7 Å². The molecular weight excluding hydrogens is 412 g/mol. The number of nitrogens with one attached hydrogen (secondary N) is 1. The Kier molecular flexibility index (Phi) is 4.54. The molecule has 1 fully saturated rings. The van der Waals surface area contributed by atoms with Crippen molar-refractivity contribution in [2.75, 3.05) is 5.32 Å². The number of nitrogens with zero attached hydrogens (tertiary/aromatic N) is 3. The third kappa shape index (κ3) is 3.12. The molecule has 3 N–H and O–H groups in total. The van der Waals surface area contributed by atoms with Crippen LogP contribution >= 0.6 is 22.9 Å². The molecular formula is C17H14ClF2N5O2S. The number of thiophene rings is 1. The van der Waals surface area contributed by atoms with Crippen LogP contribution in [0.5, 0.6) is 0 Å². The van der Waals surface area contributed by atoms with Crippen molar-refractivity contribution in [3.8, 4) is 0 Å². The molecule has 3 heterocycles. The van der Waals surface area contributed by atoms with E-state index in [0.717, 1.165) is 24.2 Å². The Morgan fingerprint density at radius 1 is 1.43 bits per heavy atom. The van der Waals surface area contributed by atoms with Crippen LogP contribution in [-0.4, -0.2) is 26.6 Å². The summed E-state index contributed by atoms with van der Waals surface area (Å²) in [4.78, 5) is 29.0. The molecule has 0 atom stereocenters. The van der Waals surface area contributed by atoms with Crippen LogP contribution in [0.1, 0.15) is 56.6 Å². The number of aromatic nitrogens is 3. The number of rotatable bonds is 5. The first kappa shape index (κ1) is 18.8. The van der Waals surface area contributed by atoms with E-state index in [0.29, 0.717) is 10.9 Å². The molecule has 3 aromatic heterocycles. The summed E-state index contributed by atoms with van der Waals surface area (Å²) in [6, 6.07) is 1.34. The van der Waals surface area contributed by atoms with Crippen LogP contribution in [0.15, 0.2) is 12.3 Å². The Hall–Kier alpha value is -2.59. The Morgan fingerprint density at radius 2 is 2.14 bits per heavy atom. The molecule has 0 radical (unpaired) electrons. The monoisotopic (exact) mass is 425 g/mol. The van der Waals surface area contributed by atoms with Crippen molar-refractivity contribution in [2.45, 2.75) is 25.2 Å². The van der Waals surface area contributed by atoms with E-state index in [1.807, 2.05) is 0 Å². The lowest BCUT2D eigenvalue weighted by Gasteiger charge is -2.10. The van der Waals surface area contributed by atoms with Crippen molar-refractivity contribution in [1.82, 2.24) is 14.8 Å². The van der Waals surface area contributed by atoms with Crippen LogP contribution in [0.2, 0.25) is 5.02 Å². The van der Waals surface area contributed by atoms with Crippen LogP contribution in [0.4, 0.5) is 14.5 Å². The highest BCUT2D eigenvalue weighted by Gasteiger charge is 2.32. The topological polar surface area (TPSA) is 103 Å². The number of pyridine rings is 1. The number of carbonyl (C=O) groups is 2. The zero-order chi connectivity index (χ0) is 20.2. The van der Waals surface area contributed by atoms with Crippen molar-refractivity contribution < 1.29 is 18.4 Å². The van der Waals surface area contributed by atoms with Crippen molar-refractivity contribution in [3.05, 3.63) is 39.1 Å². The maximum absolute atomic E-state index is 13.3. The van der Waals surface area contributed by atoms with Gasteiger partial charge < -0.3 is 11.1 Å². The van der Waals surface area contributed by atoms with Crippen LogP contribution < -0.4 is 11.1 Å². The summed E-state index contributed by atoms with van der Waals surface area (Å²) in [5.41, 5.74) is 6.02. The van der Waals surface area contributed by atoms with Gasteiger partial charge in [-0.1, -0.05) is 11.6 Å². The SMILES string of the molecule is Cn1ncc(Cl)c1C(=O)Nc1c(C(N)=O)sc2nc(C(F)F)cc(C3CC3)c12. The molecule has 1 aliphatic rings. The lowest BCUT2D eigenvalue weighted by atomic mass is 10.0. The Balaban J connectivity index is 1.90. The number of nitrogens with two attached hydrogens (primary N) is 1. The number of fused-ring (bicyclic) bond motifs is 1. The summed E-state index contributed by atoms with van der Waals surface area (Å²) in [5.74, 6) is -1.30. The number of carbonyl (C=O) groups excluding carboxylic acids is 2. The maximum Gasteiger partial charge on any atom is 0.280 e. The van der Waals surface area contributed by atoms with Gasteiger partial charge in [0.05, 0.1) is 16.9 Å². The van der Waals surface area contributed by atoms with Crippen LogP contribution in [-0.2, 0) is 7.05 Å². The molecule has 146 valence electrons. The lowest BCUT2D eigenvalue weighted by Crippen LogP contribution is -2.19. The molecule has 0 bridgehead atoms. The fourth-order valence-electron chi connectivity index (χ4n) is 3.11. The van der Waals surface area contributed by atoms with Gasteiger partial charge in [-0.25, -0.2) is 13.8 Å². The van der Waals surface area contributed by atoms with E-state index in [2.05, 4.69) is 15.4 Å². The quantitative estimate of drug-likeness (QED) is 0.648. The molecule has 0 aliphatic heterocycles. The number of alkyl halides is 2. The molecule has 2 amide bonds. The molecule has 7 nitrogen and oxygen atoms in total. The van der Waals surface area contributed by atoms with Gasteiger partial charge in [0.2, 0.25) is 0 Å². The van der Waals surface area contributed by atoms with Crippen molar-refractivity contribution in [2.24, 2.45) is 12.8 Å². The largest absolute Gasteiger partial charge is 0.365 e. The van der Waals surface area contributed by atoms with E-state index >= 15 is 0 Å². The van der Waals surface area contributed by atoms with Gasteiger partial charge in [0.25, 0.3) is 18.2 Å². The van der Waals surface area contributed by atoms with Gasteiger partial charge in [-0.2, -0.15) is 5.10 Å². The number of anilines is 1. The van der Waals surface area contributed by atoms with Crippen LogP contribution in [0.3, 0.4) is 0 Å². The van der Waals surface area contributed by atoms with Gasteiger partial charge in [-0.05, 0) is 30.4 Å². The number of primary amides is 1. The van der Waals surface area contributed by atoms with E-state index < -0.39 is 18.2 Å². The molecule has 0 spiro atoms. The second-order valence-corrected chi connectivity index (χ2v) is 7.89. The minimum absolute atomic E-state index is 0.0439. The second-order valence-electron chi connectivity index (χ2n) is 6.48. The summed E-state index contributed by atoms with van der Waals surface area (Å²) >= 11 is 6.90. The highest BCUT2D eigenvalue weighted by Crippen LogP contribution is 2.48. The van der Waals surface area contributed by atoms with Gasteiger partial charge in [0.1, 0.15) is 21.1 Å². The molecule has 11 heteroatoms. The highest BCUT2D eigenvalue weighted by molar-refractivity contribution is 7.21. The first-order chi connectivity index (χ1) is 13.3. The molecule has 4 rings (SSSR count). The Bertz CT molecular complexity index is 1100. The minimum Gasteiger partial charge on any atom is -0.365 e. The molecule has 28 heavy (non-hydrogen) atoms. The predicted octanol–water partition coefficient (Wildman–Crippen LogP) is 3.85. The molecule has 1 saturated carbocycles. The number of amides is 2. The summed E-state index contributed by atoms with van der Waals surface area (Å²) < 4.78 is 27.8. The van der Waals surface area contributed by atoms with Gasteiger partial charge >= 0.3 is 0 Å². The highest BCUT2D eigenvalue weighted by atomic mass is 35.5. The lowest BCUT2D eigenvalue weighted by molar-refractivity contribution is 0.100. The number of hydrogen-bond donors (Lipinski definition) is 2. The van der Waals surface area contributed by atoms with Gasteiger partial charge in [0, 0.05) is 12.4 Å². The zero-order valence-electron chi connectivity index (χ0n) is 14.5. The third-order valence-corrected chi connectivity index (χ3v) is 5.90. The summed E-state index contributed by atoms with van der Waals surface area (Å²) in [7, 11) is 1.55. The minimum atomic E-state index is -2.74. The molecule has 3 aromatic rings. The fraction of sp³-hybridized carbons (Fsp3) is 0.294. The summed E-state index contributed by atoms with van der Waals surface area (Å²) in [6.07, 6.45) is 0.255. The first-order valence-corrected chi connectivity index (χ1v) is 9.51. The summed E-state index contributed by atoms with van der Waals surface area (Å²) in [5, 5.41) is 7.19. The van der Waals surface area contributed by atoms with Crippen molar-refractivity contribution in [3.63, 3.8) is 0 Å². The predicted molar refractivity (Wildman–Crippen MR) is 101 cm³/mol. The summed E-state index contributed by atoms with van der Waals surface area (Å²) in [6.45, 7) is 0. The second kappa shape index (κ2) is 6.78. The average molecular weight is 426 g/mol. The number of halogens is 3. The van der Waals surface area contributed by atoms with Gasteiger partial charge in [-0.3, -0.25) is 14.3 Å². The smallest absolute Gasteiger partial charge is 0.280 e. The van der Waals surface area contributed by atoms with E-state index in [-0.39, 0.29) is 37.7 Å². The van der Waals surface area contributed by atoms with Gasteiger partial charge in [0.15, 0.2) is 0 Å². The number of aryl methyl sites for hydroxylation is 1. The molecule has 1 aliphatic carbocycles. The Labute approximate surface area is 166 Å². The first-order valence-electron chi connectivity index (χ1n) is 8.32. The van der Waals surface area contributed by atoms with Crippen LogP contribution in [0.25, 0.3) is 10.2 Å². The molecule has 0 unspecified atom stereocenters. The molecule has 0 saturated heterocycles. The fourth-order valence-corrected chi connectivity index (χ4v) is 4.38. The normalized spacial score (nSPS) is 14.0. The Morgan fingerprint density at radius 3 is 2.68 bits per heavy atom. The van der Waals surface area contributed by atoms with Crippen LogP contribution in [0, 0.1) is 0 Å². The van der Waals surface area contributed by atoms with E-state index in [1.54, 1.807) is 7.05 Å². The maximum atomic E-state index is 13.3. The average Bonchev–Trinajstić information content (AvgIpc) is 3.33. The standard InChI is InChI=1S/C17H14ClF2N5O2S/c1-25-12(8(18)5-22-25)16(27)24-11-10-7(6-2-3-6)4-9(14(19)20)23-17(10)28-13(11)15(21)26/h4-6,14H,2-3H2,1H3,(H2,21,26)(H,24,27). The third-order valence-electron chi connectivity index (χ3n) is 4.52. The van der Waals surface area contributed by atoms with Crippen molar-refractivity contribution in [1.29, 1.82) is 0 Å². The van der Waals surface area contributed by atoms with E-state index in [9.17, 15) is 18.4 Å². The molecule has 0 aromatic carbocycles. The number of hydrogen-bond acceptors (Lipinski definition) is 5.